The van der Waals surface area contributed by atoms with E-state index in [1.807, 2.05) is 0 Å². The summed E-state index contributed by atoms with van der Waals surface area (Å²) in [5.74, 6) is -0.245. The number of rotatable bonds is 3. The van der Waals surface area contributed by atoms with Crippen LogP contribution in [0.1, 0.15) is 11.3 Å². The second kappa shape index (κ2) is 6.71. The second-order valence-corrected chi connectivity index (χ2v) is 8.26. The zero-order valence-corrected chi connectivity index (χ0v) is 15.9. The lowest BCUT2D eigenvalue weighted by Gasteiger charge is -2.12. The molecule has 1 aromatic heterocycles. The third-order valence-electron chi connectivity index (χ3n) is 4.00. The van der Waals surface area contributed by atoms with Crippen molar-refractivity contribution in [3.05, 3.63) is 58.7 Å². The minimum absolute atomic E-state index is 0.0304. The fourth-order valence-electron chi connectivity index (χ4n) is 2.73. The van der Waals surface area contributed by atoms with Crippen molar-refractivity contribution in [2.45, 2.75) is 22.9 Å². The number of aryl methyl sites for hydroxylation is 1. The summed E-state index contributed by atoms with van der Waals surface area (Å²) in [7, 11) is -4.39. The van der Waals surface area contributed by atoms with Crippen LogP contribution in [-0.4, -0.2) is 18.2 Å². The number of anilines is 2. The van der Waals surface area contributed by atoms with Gasteiger partial charge < -0.3 is 11.5 Å². The molecule has 1 heterocycles. The molecule has 11 heteroatoms. The van der Waals surface area contributed by atoms with E-state index >= 15 is 0 Å². The third kappa shape index (κ3) is 3.40. The number of halogens is 4. The number of hydrogen-bond donors (Lipinski definition) is 2. The smallest absolute Gasteiger partial charge is 0.398 e. The first kappa shape index (κ1) is 20.0. The average molecular weight is 431 g/mol. The van der Waals surface area contributed by atoms with Crippen LogP contribution in [0.3, 0.4) is 0 Å². The molecule has 3 rings (SSSR count). The molecule has 0 aliphatic rings. The van der Waals surface area contributed by atoms with E-state index in [0.717, 1.165) is 16.8 Å². The number of nitrogens with zero attached hydrogens (tertiary/aromatic N) is 2. The number of nitrogen functional groups attached to an aromatic ring is 2. The van der Waals surface area contributed by atoms with Crippen LogP contribution in [0.2, 0.25) is 5.02 Å². The van der Waals surface area contributed by atoms with Crippen LogP contribution in [0.4, 0.5) is 24.7 Å². The molecule has 0 unspecified atom stereocenters. The Labute approximate surface area is 163 Å². The molecule has 0 amide bonds. The van der Waals surface area contributed by atoms with Gasteiger partial charge in [-0.15, -0.1) is 0 Å². The molecule has 6 nitrogen and oxygen atoms in total. The molecule has 0 saturated heterocycles. The van der Waals surface area contributed by atoms with E-state index in [1.165, 1.54) is 13.0 Å². The first-order valence-electron chi connectivity index (χ1n) is 7.76. The Kier molecular flexibility index (Phi) is 4.80. The van der Waals surface area contributed by atoms with Crippen molar-refractivity contribution >= 4 is 32.9 Å². The van der Waals surface area contributed by atoms with Crippen molar-refractivity contribution in [3.8, 4) is 5.69 Å². The fourth-order valence-corrected chi connectivity index (χ4v) is 4.47. The molecule has 0 radical (unpaired) electrons. The summed E-state index contributed by atoms with van der Waals surface area (Å²) in [6, 6.07) is 8.74. The minimum Gasteiger partial charge on any atom is -0.398 e. The van der Waals surface area contributed by atoms with Crippen LogP contribution in [0.15, 0.2) is 52.3 Å². The quantitative estimate of drug-likeness (QED) is 0.614. The number of benzene rings is 2. The van der Waals surface area contributed by atoms with Crippen LogP contribution in [0.5, 0.6) is 0 Å². The molecule has 3 aromatic rings. The molecule has 0 aliphatic carbocycles. The number of nitrogens with two attached hydrogens (primary N) is 2. The molecular weight excluding hydrogens is 417 g/mol. The van der Waals surface area contributed by atoms with Gasteiger partial charge in [0.25, 0.3) is 0 Å². The van der Waals surface area contributed by atoms with Crippen LogP contribution in [-0.2, 0) is 16.0 Å². The van der Waals surface area contributed by atoms with Gasteiger partial charge in [-0.2, -0.15) is 18.3 Å². The normalized spacial score (nSPS) is 12.3. The molecule has 0 bridgehead atoms. The lowest BCUT2D eigenvalue weighted by atomic mass is 10.2. The van der Waals surface area contributed by atoms with Gasteiger partial charge >= 0.3 is 6.18 Å². The Bertz CT molecular complexity index is 1170. The number of aromatic nitrogens is 2. The molecule has 0 saturated carbocycles. The van der Waals surface area contributed by atoms with Gasteiger partial charge in [-0.1, -0.05) is 17.7 Å². The van der Waals surface area contributed by atoms with E-state index in [1.54, 1.807) is 18.2 Å². The standard InChI is InChI=1S/C17H14ClF3N4O2S/c1-9-15(16(23)25(24-9)11-4-2-3-10(18)7-11)28(26,27)12-5-6-14(22)13(8-12)17(19,20)21/h2-8H,22-23H2,1H3. The van der Waals surface area contributed by atoms with E-state index in [4.69, 9.17) is 23.1 Å². The Hall–Kier alpha value is -2.72. The number of alkyl halides is 3. The Balaban J connectivity index is 2.19. The second-order valence-electron chi connectivity index (χ2n) is 5.94. The van der Waals surface area contributed by atoms with Gasteiger partial charge in [0.2, 0.25) is 9.84 Å². The molecule has 0 spiro atoms. The summed E-state index contributed by atoms with van der Waals surface area (Å²) in [5.41, 5.74) is 9.95. The van der Waals surface area contributed by atoms with Gasteiger partial charge in [0.05, 0.1) is 21.8 Å². The van der Waals surface area contributed by atoms with Crippen molar-refractivity contribution < 1.29 is 21.6 Å². The molecular formula is C17H14ClF3N4O2S. The zero-order chi connectivity index (χ0) is 20.9. The molecule has 28 heavy (non-hydrogen) atoms. The predicted octanol–water partition coefficient (Wildman–Crippen LogP) is 3.85. The highest BCUT2D eigenvalue weighted by Gasteiger charge is 2.35. The molecule has 0 fully saturated rings. The first-order chi connectivity index (χ1) is 12.9. The summed E-state index contributed by atoms with van der Waals surface area (Å²) in [5, 5.41) is 4.49. The van der Waals surface area contributed by atoms with Crippen molar-refractivity contribution in [3.63, 3.8) is 0 Å². The van der Waals surface area contributed by atoms with Crippen LogP contribution >= 0.6 is 11.6 Å². The maximum atomic E-state index is 13.1. The van der Waals surface area contributed by atoms with E-state index in [2.05, 4.69) is 5.10 Å². The minimum atomic E-state index is -4.80. The first-order valence-corrected chi connectivity index (χ1v) is 9.62. The molecule has 148 valence electrons. The Morgan fingerprint density at radius 1 is 1.11 bits per heavy atom. The maximum Gasteiger partial charge on any atom is 0.418 e. The van der Waals surface area contributed by atoms with E-state index in [-0.39, 0.29) is 16.4 Å². The highest BCUT2D eigenvalue weighted by Crippen LogP contribution is 2.37. The summed E-state index contributed by atoms with van der Waals surface area (Å²) in [6.07, 6.45) is -4.80. The van der Waals surface area contributed by atoms with Gasteiger partial charge in [0, 0.05) is 10.7 Å². The predicted molar refractivity (Wildman–Crippen MR) is 99.0 cm³/mol. The number of hydrogen-bond acceptors (Lipinski definition) is 5. The largest absolute Gasteiger partial charge is 0.418 e. The van der Waals surface area contributed by atoms with E-state index in [9.17, 15) is 21.6 Å². The average Bonchev–Trinajstić information content (AvgIpc) is 2.89. The molecule has 0 aliphatic heterocycles. The third-order valence-corrected chi connectivity index (χ3v) is 6.15. The monoisotopic (exact) mass is 430 g/mol. The lowest BCUT2D eigenvalue weighted by molar-refractivity contribution is -0.137. The Morgan fingerprint density at radius 3 is 2.39 bits per heavy atom. The van der Waals surface area contributed by atoms with E-state index in [0.29, 0.717) is 16.8 Å². The SMILES string of the molecule is Cc1nn(-c2cccc(Cl)c2)c(N)c1S(=O)(=O)c1ccc(N)c(C(F)(F)F)c1. The van der Waals surface area contributed by atoms with Crippen molar-refractivity contribution in [1.82, 2.24) is 9.78 Å². The van der Waals surface area contributed by atoms with Crippen molar-refractivity contribution in [1.29, 1.82) is 0 Å². The van der Waals surface area contributed by atoms with E-state index < -0.39 is 32.2 Å². The van der Waals surface area contributed by atoms with Gasteiger partial charge in [-0.05, 0) is 43.3 Å². The molecule has 0 atom stereocenters. The summed E-state index contributed by atoms with van der Waals surface area (Å²) in [6.45, 7) is 1.40. The van der Waals surface area contributed by atoms with Gasteiger partial charge in [-0.3, -0.25) is 0 Å². The summed E-state index contributed by atoms with van der Waals surface area (Å²) < 4.78 is 66.5. The zero-order valence-electron chi connectivity index (χ0n) is 14.3. The van der Waals surface area contributed by atoms with Gasteiger partial charge in [-0.25, -0.2) is 13.1 Å². The molecule has 2 aromatic carbocycles. The topological polar surface area (TPSA) is 104 Å². The van der Waals surface area contributed by atoms with Crippen LogP contribution < -0.4 is 11.5 Å². The lowest BCUT2D eigenvalue weighted by Crippen LogP contribution is -2.12. The highest BCUT2D eigenvalue weighted by molar-refractivity contribution is 7.91. The molecule has 4 N–H and O–H groups in total. The van der Waals surface area contributed by atoms with Crippen molar-refractivity contribution in [2.24, 2.45) is 0 Å². The van der Waals surface area contributed by atoms with Gasteiger partial charge in [0.15, 0.2) is 0 Å². The number of sulfone groups is 1. The van der Waals surface area contributed by atoms with Gasteiger partial charge in [0.1, 0.15) is 10.7 Å². The highest BCUT2D eigenvalue weighted by atomic mass is 35.5. The summed E-state index contributed by atoms with van der Waals surface area (Å²) in [4.78, 5) is -0.972. The maximum absolute atomic E-state index is 13.1. The van der Waals surface area contributed by atoms with Crippen LogP contribution in [0, 0.1) is 6.92 Å². The van der Waals surface area contributed by atoms with Crippen molar-refractivity contribution in [2.75, 3.05) is 11.5 Å². The summed E-state index contributed by atoms with van der Waals surface area (Å²) >= 11 is 5.94. The van der Waals surface area contributed by atoms with Crippen LogP contribution in [0.25, 0.3) is 5.69 Å². The fraction of sp³-hybridized carbons (Fsp3) is 0.118. The Morgan fingerprint density at radius 2 is 1.79 bits per heavy atom.